The third-order valence-corrected chi connectivity index (χ3v) is 6.47. The molecule has 36 heavy (non-hydrogen) atoms. The van der Waals surface area contributed by atoms with Crippen molar-refractivity contribution in [2.45, 2.75) is 11.8 Å². The summed E-state index contributed by atoms with van der Waals surface area (Å²) in [7, 11) is -4.39. The molecule has 3 aromatic rings. The zero-order valence-electron chi connectivity index (χ0n) is 18.2. The number of nitro groups is 2. The highest BCUT2D eigenvalue weighted by molar-refractivity contribution is 7.92. The number of carbonyl (C=O) groups is 1. The smallest absolute Gasteiger partial charge is 0.337 e. The number of nitro benzene ring substituents is 2. The number of anilines is 2. The quantitative estimate of drug-likeness (QED) is 0.201. The van der Waals surface area contributed by atoms with Crippen molar-refractivity contribution in [3.63, 3.8) is 0 Å². The van der Waals surface area contributed by atoms with Crippen molar-refractivity contribution in [3.05, 3.63) is 97.0 Å². The highest BCUT2D eigenvalue weighted by Gasteiger charge is 2.23. The first-order chi connectivity index (χ1) is 16.9. The molecule has 3 rings (SSSR count). The number of halogens is 1. The molecule has 0 aromatic heterocycles. The summed E-state index contributed by atoms with van der Waals surface area (Å²) in [6.45, 7) is 1.49. The minimum absolute atomic E-state index is 0.0727. The average molecular weight is 534 g/mol. The molecule has 0 fully saturated rings. The summed E-state index contributed by atoms with van der Waals surface area (Å²) in [5, 5.41) is 35.9. The van der Waals surface area contributed by atoms with Crippen molar-refractivity contribution in [3.8, 4) is 0 Å². The normalized spacial score (nSPS) is 11.6. The maximum Gasteiger partial charge on any atom is 0.337 e. The van der Waals surface area contributed by atoms with Gasteiger partial charge >= 0.3 is 5.97 Å². The van der Waals surface area contributed by atoms with E-state index in [2.05, 4.69) is 15.2 Å². The predicted molar refractivity (Wildman–Crippen MR) is 131 cm³/mol. The first-order valence-corrected chi connectivity index (χ1v) is 11.6. The predicted octanol–water partition coefficient (Wildman–Crippen LogP) is 4.49. The lowest BCUT2D eigenvalue weighted by Crippen LogP contribution is -2.16. The highest BCUT2D eigenvalue weighted by atomic mass is 35.5. The first-order valence-electron chi connectivity index (χ1n) is 9.79. The number of aromatic carboxylic acids is 1. The molecule has 0 unspecified atom stereocenters. The Morgan fingerprint density at radius 2 is 1.64 bits per heavy atom. The second-order valence-electron chi connectivity index (χ2n) is 7.12. The maximum absolute atomic E-state index is 12.8. The SMILES string of the molecule is C/C(=N/Nc1ccc(S(=O)(=O)Nc2ccccc2C(=O)O)cc1[N+](=O)[O-])c1ccc(Cl)c([N+](=O)[O-])c1. The van der Waals surface area contributed by atoms with E-state index in [1.54, 1.807) is 0 Å². The number of hydrogen-bond acceptors (Lipinski definition) is 9. The van der Waals surface area contributed by atoms with Crippen LogP contribution in [0.4, 0.5) is 22.7 Å². The highest BCUT2D eigenvalue weighted by Crippen LogP contribution is 2.30. The summed E-state index contributed by atoms with van der Waals surface area (Å²) in [5.41, 5.74) is 1.35. The van der Waals surface area contributed by atoms with Gasteiger partial charge in [-0.2, -0.15) is 5.10 Å². The number of carboxylic acid groups (broad SMARTS) is 1. The fraction of sp³-hybridized carbons (Fsp3) is 0.0476. The molecule has 0 atom stereocenters. The molecular formula is C21H16ClN5O8S. The molecule has 0 heterocycles. The molecule has 186 valence electrons. The number of carboxylic acids is 1. The topological polar surface area (TPSA) is 194 Å². The number of hydrogen-bond donors (Lipinski definition) is 3. The van der Waals surface area contributed by atoms with E-state index in [1.807, 2.05) is 0 Å². The van der Waals surface area contributed by atoms with Gasteiger partial charge in [0.25, 0.3) is 21.4 Å². The number of nitrogens with one attached hydrogen (secondary N) is 2. The first kappa shape index (κ1) is 26.1. The summed E-state index contributed by atoms with van der Waals surface area (Å²) >= 11 is 5.80. The molecule has 0 aliphatic heterocycles. The Bertz CT molecular complexity index is 1520. The van der Waals surface area contributed by atoms with Crippen LogP contribution in [-0.2, 0) is 10.0 Å². The van der Waals surface area contributed by atoms with Crippen LogP contribution in [0, 0.1) is 20.2 Å². The molecule has 0 radical (unpaired) electrons. The summed E-state index contributed by atoms with van der Waals surface area (Å²) < 4.78 is 27.7. The van der Waals surface area contributed by atoms with Crippen LogP contribution in [0.2, 0.25) is 5.02 Å². The van der Waals surface area contributed by atoms with Crippen LogP contribution >= 0.6 is 11.6 Å². The molecule has 0 aliphatic rings. The monoisotopic (exact) mass is 533 g/mol. The molecule has 3 aromatic carbocycles. The number of benzene rings is 3. The molecule has 0 aliphatic carbocycles. The van der Waals surface area contributed by atoms with Crippen molar-refractivity contribution in [2.24, 2.45) is 5.10 Å². The van der Waals surface area contributed by atoms with Gasteiger partial charge in [-0.15, -0.1) is 0 Å². The van der Waals surface area contributed by atoms with Crippen molar-refractivity contribution in [2.75, 3.05) is 10.1 Å². The van der Waals surface area contributed by atoms with Crippen LogP contribution in [0.15, 0.2) is 70.7 Å². The molecule has 13 nitrogen and oxygen atoms in total. The van der Waals surface area contributed by atoms with Gasteiger partial charge in [0.05, 0.1) is 31.7 Å². The summed E-state index contributed by atoms with van der Waals surface area (Å²) in [5.74, 6) is -1.36. The van der Waals surface area contributed by atoms with Gasteiger partial charge in [-0.25, -0.2) is 13.2 Å². The Labute approximate surface area is 208 Å². The Morgan fingerprint density at radius 1 is 0.972 bits per heavy atom. The molecule has 3 N–H and O–H groups in total. The van der Waals surface area contributed by atoms with E-state index in [9.17, 15) is 38.5 Å². The second-order valence-corrected chi connectivity index (χ2v) is 9.21. The van der Waals surface area contributed by atoms with Crippen molar-refractivity contribution < 1.29 is 28.2 Å². The van der Waals surface area contributed by atoms with Gasteiger partial charge in [0, 0.05) is 17.7 Å². The maximum atomic E-state index is 12.8. The van der Waals surface area contributed by atoms with E-state index in [0.717, 1.165) is 18.2 Å². The van der Waals surface area contributed by atoms with Gasteiger partial charge in [-0.05, 0) is 37.3 Å². The van der Waals surface area contributed by atoms with E-state index < -0.39 is 36.4 Å². The molecule has 0 saturated heterocycles. The van der Waals surface area contributed by atoms with Crippen LogP contribution in [-0.4, -0.2) is 35.1 Å². The lowest BCUT2D eigenvalue weighted by molar-refractivity contribution is -0.384. The second kappa shape index (κ2) is 10.4. The summed E-state index contributed by atoms with van der Waals surface area (Å²) in [6.07, 6.45) is 0. The Kier molecular flexibility index (Phi) is 7.50. The van der Waals surface area contributed by atoms with Crippen molar-refractivity contribution in [1.29, 1.82) is 0 Å². The minimum Gasteiger partial charge on any atom is -0.478 e. The average Bonchev–Trinajstić information content (AvgIpc) is 2.82. The van der Waals surface area contributed by atoms with E-state index in [4.69, 9.17) is 11.6 Å². The molecule has 15 heteroatoms. The number of para-hydroxylation sites is 1. The summed E-state index contributed by atoms with van der Waals surface area (Å²) in [4.78, 5) is 32.0. The number of hydrazone groups is 1. The van der Waals surface area contributed by atoms with Gasteiger partial charge in [0.1, 0.15) is 10.7 Å². The third-order valence-electron chi connectivity index (χ3n) is 4.78. The number of sulfonamides is 1. The molecule has 0 bridgehead atoms. The molecule has 0 spiro atoms. The molecular weight excluding hydrogens is 518 g/mol. The van der Waals surface area contributed by atoms with Gasteiger partial charge < -0.3 is 5.11 Å². The minimum atomic E-state index is -4.39. The number of rotatable bonds is 9. The van der Waals surface area contributed by atoms with E-state index in [-0.39, 0.29) is 33.4 Å². The lowest BCUT2D eigenvalue weighted by Gasteiger charge is -2.11. The largest absolute Gasteiger partial charge is 0.478 e. The Morgan fingerprint density at radius 3 is 2.28 bits per heavy atom. The zero-order valence-corrected chi connectivity index (χ0v) is 19.8. The Hall–Kier alpha value is -4.56. The van der Waals surface area contributed by atoms with Gasteiger partial charge in [-0.3, -0.25) is 30.4 Å². The van der Waals surface area contributed by atoms with Crippen LogP contribution < -0.4 is 10.1 Å². The molecule has 0 amide bonds. The van der Waals surface area contributed by atoms with E-state index in [0.29, 0.717) is 5.56 Å². The fourth-order valence-electron chi connectivity index (χ4n) is 2.97. The zero-order chi connectivity index (χ0) is 26.6. The molecule has 0 saturated carbocycles. The van der Waals surface area contributed by atoms with Gasteiger partial charge in [-0.1, -0.05) is 29.8 Å². The van der Waals surface area contributed by atoms with Gasteiger partial charge in [0.2, 0.25) is 0 Å². The van der Waals surface area contributed by atoms with Crippen LogP contribution in [0.1, 0.15) is 22.8 Å². The van der Waals surface area contributed by atoms with E-state index >= 15 is 0 Å². The van der Waals surface area contributed by atoms with Gasteiger partial charge in [0.15, 0.2) is 0 Å². The van der Waals surface area contributed by atoms with Crippen LogP contribution in [0.25, 0.3) is 0 Å². The summed E-state index contributed by atoms with van der Waals surface area (Å²) in [6, 6.07) is 12.2. The third kappa shape index (κ3) is 5.73. The van der Waals surface area contributed by atoms with Crippen molar-refractivity contribution >= 4 is 56.1 Å². The lowest BCUT2D eigenvalue weighted by atomic mass is 10.1. The van der Waals surface area contributed by atoms with Crippen LogP contribution in [0.5, 0.6) is 0 Å². The fourth-order valence-corrected chi connectivity index (χ4v) is 4.26. The Balaban J connectivity index is 1.92. The van der Waals surface area contributed by atoms with Crippen molar-refractivity contribution in [1.82, 2.24) is 0 Å². The van der Waals surface area contributed by atoms with Crippen LogP contribution in [0.3, 0.4) is 0 Å². The van der Waals surface area contributed by atoms with E-state index in [1.165, 1.54) is 49.4 Å². The number of nitrogens with zero attached hydrogens (tertiary/aromatic N) is 3. The standard InChI is InChI=1S/C21H16ClN5O8S/c1-12(13-6-8-16(22)19(10-13)26(30)31)23-24-18-9-7-14(11-20(18)27(32)33)36(34,35)25-17-5-3-2-4-15(17)21(28)29/h2-11,24-25H,1H3,(H,28,29)/b23-12-.